The fourth-order valence-electron chi connectivity index (χ4n) is 3.60. The average molecular weight is 385 g/mol. The first-order chi connectivity index (χ1) is 14.2. The molecule has 0 fully saturated rings. The summed E-state index contributed by atoms with van der Waals surface area (Å²) in [5.41, 5.74) is 4.94. The molecule has 0 saturated carbocycles. The number of nitrogens with zero attached hydrogens (tertiary/aromatic N) is 3. The largest absolute Gasteiger partial charge is 0.369 e. The highest BCUT2D eigenvalue weighted by Gasteiger charge is 2.07. The lowest BCUT2D eigenvalue weighted by Gasteiger charge is -2.07. The first kappa shape index (κ1) is 19.2. The van der Waals surface area contributed by atoms with Gasteiger partial charge >= 0.3 is 0 Å². The van der Waals surface area contributed by atoms with E-state index in [-0.39, 0.29) is 0 Å². The second-order valence-electron chi connectivity index (χ2n) is 7.65. The summed E-state index contributed by atoms with van der Waals surface area (Å²) in [6, 6.07) is 17.2. The van der Waals surface area contributed by atoms with Gasteiger partial charge in [-0.2, -0.15) is 5.10 Å². The summed E-state index contributed by atoms with van der Waals surface area (Å²) in [6.07, 6.45) is 10.3. The van der Waals surface area contributed by atoms with Gasteiger partial charge in [-0.1, -0.05) is 48.0 Å². The Morgan fingerprint density at radius 2 is 1.86 bits per heavy atom. The third-order valence-electron chi connectivity index (χ3n) is 5.23. The molecule has 2 heterocycles. The number of aliphatic imine (C=N–C) groups is 1. The summed E-state index contributed by atoms with van der Waals surface area (Å²) in [6.45, 7) is 5.07. The minimum absolute atomic E-state index is 0.838. The molecule has 0 amide bonds. The van der Waals surface area contributed by atoms with E-state index in [0.29, 0.717) is 0 Å². The van der Waals surface area contributed by atoms with Gasteiger partial charge in [0.1, 0.15) is 5.82 Å². The molecule has 4 rings (SSSR count). The molecule has 1 N–H and O–H groups in total. The highest BCUT2D eigenvalue weighted by atomic mass is 15.3. The number of aryl methyl sites for hydroxylation is 2. The zero-order valence-electron chi connectivity index (χ0n) is 17.2. The highest BCUT2D eigenvalue weighted by molar-refractivity contribution is 5.65. The van der Waals surface area contributed by atoms with Crippen molar-refractivity contribution < 1.29 is 0 Å². The maximum absolute atomic E-state index is 4.76. The molecule has 29 heavy (non-hydrogen) atoms. The second kappa shape index (κ2) is 8.91. The standard InChI is InChI=1S/C25H28N4/c1-19-10-12-21(13-11-19)14-16-27-25-23-18-28-29(22-8-6-7-20(2)17-22)24(23)9-4-3-5-15-26-25/h6-13,15,17-18,27H,3-5,14,16H2,1-2H3/b24-9-,25-23+,26-15-. The monoisotopic (exact) mass is 384 g/mol. The lowest BCUT2D eigenvalue weighted by molar-refractivity contribution is 0.830. The average Bonchev–Trinajstić information content (AvgIpc) is 3.16. The third kappa shape index (κ3) is 4.65. The van der Waals surface area contributed by atoms with Gasteiger partial charge in [0.05, 0.1) is 22.5 Å². The summed E-state index contributed by atoms with van der Waals surface area (Å²) in [4.78, 5) is 4.76. The van der Waals surface area contributed by atoms with Crippen LogP contribution in [0.3, 0.4) is 0 Å². The molecule has 2 aromatic carbocycles. The minimum Gasteiger partial charge on any atom is -0.369 e. The van der Waals surface area contributed by atoms with E-state index in [0.717, 1.165) is 54.3 Å². The summed E-state index contributed by atoms with van der Waals surface area (Å²) in [7, 11) is 0. The van der Waals surface area contributed by atoms with Crippen LogP contribution in [0.2, 0.25) is 0 Å². The van der Waals surface area contributed by atoms with Gasteiger partial charge in [-0.25, -0.2) is 9.67 Å². The number of benzene rings is 2. The Kier molecular flexibility index (Phi) is 5.89. The Morgan fingerprint density at radius 1 is 1.00 bits per heavy atom. The topological polar surface area (TPSA) is 42.2 Å². The first-order valence-corrected chi connectivity index (χ1v) is 10.4. The van der Waals surface area contributed by atoms with Crippen LogP contribution in [0.5, 0.6) is 0 Å². The molecule has 1 aliphatic rings. The van der Waals surface area contributed by atoms with Crippen LogP contribution in [-0.4, -0.2) is 22.5 Å². The molecule has 0 saturated heterocycles. The van der Waals surface area contributed by atoms with Gasteiger partial charge in [0.15, 0.2) is 0 Å². The van der Waals surface area contributed by atoms with Gasteiger partial charge < -0.3 is 5.32 Å². The van der Waals surface area contributed by atoms with Crippen LogP contribution in [0.15, 0.2) is 59.7 Å². The number of aromatic nitrogens is 2. The molecule has 1 aromatic heterocycles. The number of hydrogen-bond donors (Lipinski definition) is 1. The van der Waals surface area contributed by atoms with Crippen LogP contribution in [0.4, 0.5) is 0 Å². The van der Waals surface area contributed by atoms with Crippen LogP contribution in [-0.2, 0) is 6.42 Å². The number of nitrogens with one attached hydrogen (secondary N) is 1. The van der Waals surface area contributed by atoms with Gasteiger partial charge in [0.2, 0.25) is 0 Å². The summed E-state index contributed by atoms with van der Waals surface area (Å²) < 4.78 is 2.03. The van der Waals surface area contributed by atoms with Crippen LogP contribution >= 0.6 is 0 Å². The molecule has 4 nitrogen and oxygen atoms in total. The van der Waals surface area contributed by atoms with Gasteiger partial charge in [0.25, 0.3) is 0 Å². The summed E-state index contributed by atoms with van der Waals surface area (Å²) in [5.74, 6) is 0.907. The SMILES string of the molecule is Cc1ccc(CCNC2=c3\cnn(-c4cccc(C)c4)\c3=C/CCC/C=N\2)cc1. The smallest absolute Gasteiger partial charge is 0.136 e. The fourth-order valence-corrected chi connectivity index (χ4v) is 3.60. The number of rotatable bonds is 5. The van der Waals surface area contributed by atoms with E-state index in [2.05, 4.69) is 73.8 Å². The van der Waals surface area contributed by atoms with Crippen molar-refractivity contribution >= 4 is 18.1 Å². The van der Waals surface area contributed by atoms with Gasteiger partial charge in [0, 0.05) is 12.8 Å². The number of hydrogen-bond acceptors (Lipinski definition) is 3. The minimum atomic E-state index is 0.838. The van der Waals surface area contributed by atoms with E-state index in [1.165, 1.54) is 16.7 Å². The third-order valence-corrected chi connectivity index (χ3v) is 5.23. The van der Waals surface area contributed by atoms with Crippen molar-refractivity contribution in [3.63, 3.8) is 0 Å². The molecular weight excluding hydrogens is 356 g/mol. The predicted molar refractivity (Wildman–Crippen MR) is 121 cm³/mol. The van der Waals surface area contributed by atoms with Crippen molar-refractivity contribution in [1.29, 1.82) is 0 Å². The van der Waals surface area contributed by atoms with Crippen LogP contribution in [0, 0.1) is 13.8 Å². The zero-order valence-corrected chi connectivity index (χ0v) is 17.2. The van der Waals surface area contributed by atoms with Gasteiger partial charge in [-0.05, 0) is 62.8 Å². The molecule has 3 aromatic rings. The Hall–Kier alpha value is -3.14. The van der Waals surface area contributed by atoms with E-state index in [1.54, 1.807) is 0 Å². The summed E-state index contributed by atoms with van der Waals surface area (Å²) >= 11 is 0. The van der Waals surface area contributed by atoms with E-state index in [9.17, 15) is 0 Å². The predicted octanol–water partition coefficient (Wildman–Crippen LogP) is 3.42. The zero-order chi connectivity index (χ0) is 20.1. The Balaban J connectivity index is 1.67. The van der Waals surface area contributed by atoms with Crippen molar-refractivity contribution in [2.75, 3.05) is 6.54 Å². The van der Waals surface area contributed by atoms with E-state index < -0.39 is 0 Å². The van der Waals surface area contributed by atoms with Crippen molar-refractivity contribution in [3.05, 3.63) is 82.0 Å². The van der Waals surface area contributed by atoms with Crippen molar-refractivity contribution in [1.82, 2.24) is 15.1 Å². The summed E-state index contributed by atoms with van der Waals surface area (Å²) in [5, 5.41) is 10.4. The Morgan fingerprint density at radius 3 is 2.69 bits per heavy atom. The Bertz CT molecular complexity index is 1120. The Labute approximate surface area is 172 Å². The van der Waals surface area contributed by atoms with E-state index >= 15 is 0 Å². The molecule has 1 aliphatic heterocycles. The van der Waals surface area contributed by atoms with Crippen LogP contribution < -0.4 is 15.9 Å². The van der Waals surface area contributed by atoms with Gasteiger partial charge in [-0.15, -0.1) is 0 Å². The molecular formula is C25H28N4. The normalized spacial score (nSPS) is 17.9. The van der Waals surface area contributed by atoms with Gasteiger partial charge in [-0.3, -0.25) is 0 Å². The molecule has 0 aliphatic carbocycles. The van der Waals surface area contributed by atoms with Crippen molar-refractivity contribution in [2.24, 2.45) is 4.99 Å². The van der Waals surface area contributed by atoms with Crippen molar-refractivity contribution in [3.8, 4) is 5.69 Å². The molecule has 0 bridgehead atoms. The second-order valence-corrected chi connectivity index (χ2v) is 7.65. The first-order valence-electron chi connectivity index (χ1n) is 10.4. The number of fused-ring (bicyclic) bond motifs is 1. The van der Waals surface area contributed by atoms with Crippen molar-refractivity contribution in [2.45, 2.75) is 39.5 Å². The van der Waals surface area contributed by atoms with Crippen LogP contribution in [0.1, 0.15) is 36.0 Å². The fraction of sp³-hybridized carbons (Fsp3) is 0.280. The van der Waals surface area contributed by atoms with Crippen LogP contribution in [0.25, 0.3) is 17.6 Å². The highest BCUT2D eigenvalue weighted by Crippen LogP contribution is 2.07. The van der Waals surface area contributed by atoms with E-state index in [1.807, 2.05) is 17.1 Å². The quantitative estimate of drug-likeness (QED) is 0.732. The molecule has 0 unspecified atom stereocenters. The molecule has 0 atom stereocenters. The lowest BCUT2D eigenvalue weighted by atomic mass is 10.1. The maximum Gasteiger partial charge on any atom is 0.136 e. The van der Waals surface area contributed by atoms with E-state index in [4.69, 9.17) is 10.1 Å². The molecule has 0 radical (unpaired) electrons. The lowest BCUT2D eigenvalue weighted by Crippen LogP contribution is -2.34. The molecule has 0 spiro atoms. The molecule has 4 heteroatoms. The maximum atomic E-state index is 4.76. The molecule has 148 valence electrons.